The molecule has 26 heavy (non-hydrogen) atoms. The summed E-state index contributed by atoms with van der Waals surface area (Å²) in [5.41, 5.74) is 3.32. The zero-order chi connectivity index (χ0) is 17.9. The third kappa shape index (κ3) is 3.50. The summed E-state index contributed by atoms with van der Waals surface area (Å²) in [6, 6.07) is 11.9. The number of benzene rings is 1. The molecule has 1 aliphatic heterocycles. The van der Waals surface area contributed by atoms with Gasteiger partial charge in [-0.2, -0.15) is 0 Å². The number of nitrogens with zero attached hydrogens (tertiary/aromatic N) is 2. The van der Waals surface area contributed by atoms with E-state index in [0.717, 1.165) is 19.6 Å². The maximum Gasteiger partial charge on any atom is 0.257 e. The predicted octanol–water partition coefficient (Wildman–Crippen LogP) is 4.48. The minimum absolute atomic E-state index is 0.0634. The minimum atomic E-state index is 0.0634. The first-order valence-electron chi connectivity index (χ1n) is 9.81. The molecule has 0 spiro atoms. The van der Waals surface area contributed by atoms with Crippen LogP contribution in [-0.4, -0.2) is 36.5 Å². The molecule has 1 unspecified atom stereocenters. The molecular weight excluding hydrogens is 324 g/mol. The van der Waals surface area contributed by atoms with Crippen LogP contribution in [0.3, 0.4) is 0 Å². The lowest BCUT2D eigenvalue weighted by Crippen LogP contribution is -2.54. The summed E-state index contributed by atoms with van der Waals surface area (Å²) >= 11 is 0. The van der Waals surface area contributed by atoms with Gasteiger partial charge in [0.25, 0.3) is 5.91 Å². The topological polar surface area (TPSA) is 36.7 Å². The number of furan rings is 1. The van der Waals surface area contributed by atoms with Crippen molar-refractivity contribution in [1.29, 1.82) is 0 Å². The van der Waals surface area contributed by atoms with E-state index in [0.29, 0.717) is 11.5 Å². The Balaban J connectivity index is 1.44. The molecule has 4 nitrogen and oxygen atoms in total. The summed E-state index contributed by atoms with van der Waals surface area (Å²) in [6.07, 6.45) is 9.78. The zero-order valence-electron chi connectivity index (χ0n) is 15.5. The van der Waals surface area contributed by atoms with Gasteiger partial charge in [0.1, 0.15) is 6.26 Å². The summed E-state index contributed by atoms with van der Waals surface area (Å²) in [7, 11) is 0. The predicted molar refractivity (Wildman–Crippen MR) is 103 cm³/mol. The van der Waals surface area contributed by atoms with E-state index < -0.39 is 0 Å². The van der Waals surface area contributed by atoms with Gasteiger partial charge in [0.2, 0.25) is 0 Å². The number of anilines is 1. The van der Waals surface area contributed by atoms with Crippen molar-refractivity contribution < 1.29 is 9.21 Å². The van der Waals surface area contributed by atoms with Gasteiger partial charge >= 0.3 is 0 Å². The van der Waals surface area contributed by atoms with Gasteiger partial charge in [-0.3, -0.25) is 4.79 Å². The monoisotopic (exact) mass is 351 g/mol. The van der Waals surface area contributed by atoms with Crippen LogP contribution in [-0.2, 0) is 0 Å². The third-order valence-corrected chi connectivity index (χ3v) is 5.89. The van der Waals surface area contributed by atoms with Crippen molar-refractivity contribution in [3.63, 3.8) is 0 Å². The molecular formula is C22H27N2O2. The number of amides is 1. The Labute approximate surface area is 155 Å². The Kier molecular flexibility index (Phi) is 5.00. The number of piperazine rings is 1. The maximum absolute atomic E-state index is 12.6. The van der Waals surface area contributed by atoms with Crippen LogP contribution >= 0.6 is 0 Å². The van der Waals surface area contributed by atoms with Crippen LogP contribution in [0.25, 0.3) is 0 Å². The fourth-order valence-electron chi connectivity index (χ4n) is 4.38. The first kappa shape index (κ1) is 17.2. The molecule has 1 saturated heterocycles. The largest absolute Gasteiger partial charge is 0.472 e. The van der Waals surface area contributed by atoms with Crippen molar-refractivity contribution in [3.05, 3.63) is 54.0 Å². The minimum Gasteiger partial charge on any atom is -0.472 e. The molecule has 0 N–H and O–H groups in total. The van der Waals surface area contributed by atoms with E-state index >= 15 is 0 Å². The van der Waals surface area contributed by atoms with Gasteiger partial charge in [-0.25, -0.2) is 0 Å². The van der Waals surface area contributed by atoms with E-state index in [1.54, 1.807) is 12.3 Å². The number of carbonyl (C=O) groups is 1. The molecule has 2 aromatic rings. The lowest BCUT2D eigenvalue weighted by molar-refractivity contribution is 0.0673. The van der Waals surface area contributed by atoms with Gasteiger partial charge in [0.05, 0.1) is 11.8 Å². The number of rotatable bonds is 3. The highest BCUT2D eigenvalue weighted by atomic mass is 16.3. The Morgan fingerprint density at radius 2 is 2.04 bits per heavy atom. The molecule has 1 amide bonds. The van der Waals surface area contributed by atoms with Crippen molar-refractivity contribution in [2.45, 2.75) is 51.0 Å². The second-order valence-electron chi connectivity index (χ2n) is 7.67. The van der Waals surface area contributed by atoms with Crippen molar-refractivity contribution in [3.8, 4) is 0 Å². The van der Waals surface area contributed by atoms with Crippen LogP contribution in [0.2, 0.25) is 0 Å². The van der Waals surface area contributed by atoms with Crippen LogP contribution in [0.15, 0.2) is 41.2 Å². The average molecular weight is 351 g/mol. The molecule has 1 aliphatic carbocycles. The van der Waals surface area contributed by atoms with Gasteiger partial charge in [-0.15, -0.1) is 0 Å². The highest BCUT2D eigenvalue weighted by molar-refractivity contribution is 5.94. The molecule has 1 radical (unpaired) electrons. The standard InChI is InChI=1S/C22H27N2O2/c1-17-15-23(11-12-24(17)22(25)20-10-13-26-16-20)21-9-5-8-19(14-21)18-6-3-2-4-7-18/h8-10,13-14,16-18H,2-4,6-7,11-12,15H2,1H3. The molecule has 1 aromatic heterocycles. The lowest BCUT2D eigenvalue weighted by atomic mass is 9.84. The van der Waals surface area contributed by atoms with E-state index in [1.165, 1.54) is 49.6 Å². The Morgan fingerprint density at radius 3 is 2.77 bits per heavy atom. The Hall–Kier alpha value is -2.23. The van der Waals surface area contributed by atoms with Crippen molar-refractivity contribution in [2.75, 3.05) is 24.5 Å². The third-order valence-electron chi connectivity index (χ3n) is 5.89. The normalized spacial score (nSPS) is 21.8. The summed E-state index contributed by atoms with van der Waals surface area (Å²) in [6.45, 7) is 4.57. The van der Waals surface area contributed by atoms with Gasteiger partial charge in [0, 0.05) is 31.4 Å². The summed E-state index contributed by atoms with van der Waals surface area (Å²) in [4.78, 5) is 17.0. The second-order valence-corrected chi connectivity index (χ2v) is 7.67. The molecule has 0 bridgehead atoms. The van der Waals surface area contributed by atoms with Gasteiger partial charge in [-0.05, 0) is 55.5 Å². The highest BCUT2D eigenvalue weighted by Crippen LogP contribution is 2.34. The summed E-state index contributed by atoms with van der Waals surface area (Å²) in [5.74, 6) is 0.759. The van der Waals surface area contributed by atoms with E-state index in [4.69, 9.17) is 4.42 Å². The smallest absolute Gasteiger partial charge is 0.257 e. The Morgan fingerprint density at radius 1 is 1.19 bits per heavy atom. The zero-order valence-corrected chi connectivity index (χ0v) is 15.5. The SMILES string of the molecule is CC1CN(c2c[c]cc(C3CCCCC3)c2)CCN1C(=O)c1ccoc1. The summed E-state index contributed by atoms with van der Waals surface area (Å²) < 4.78 is 5.06. The number of carbonyl (C=O) groups excluding carboxylic acids is 1. The van der Waals surface area contributed by atoms with Crippen LogP contribution in [0.4, 0.5) is 5.69 Å². The Bertz CT molecular complexity index is 734. The first-order valence-corrected chi connectivity index (χ1v) is 9.81. The second kappa shape index (κ2) is 7.56. The van der Waals surface area contributed by atoms with E-state index in [9.17, 15) is 4.79 Å². The van der Waals surface area contributed by atoms with Crippen molar-refractivity contribution >= 4 is 11.6 Å². The van der Waals surface area contributed by atoms with Crippen LogP contribution in [0, 0.1) is 6.07 Å². The molecule has 1 aromatic carbocycles. The van der Waals surface area contributed by atoms with E-state index in [-0.39, 0.29) is 11.9 Å². The molecule has 4 heteroatoms. The van der Waals surface area contributed by atoms with Crippen LogP contribution in [0.1, 0.15) is 60.9 Å². The quantitative estimate of drug-likeness (QED) is 0.818. The number of hydrogen-bond acceptors (Lipinski definition) is 3. The molecule has 4 rings (SSSR count). The molecule has 2 aliphatic rings. The fraction of sp³-hybridized carbons (Fsp3) is 0.500. The average Bonchev–Trinajstić information content (AvgIpc) is 3.23. The molecule has 1 saturated carbocycles. The highest BCUT2D eigenvalue weighted by Gasteiger charge is 2.29. The van der Waals surface area contributed by atoms with Crippen LogP contribution < -0.4 is 4.90 Å². The summed E-state index contributed by atoms with van der Waals surface area (Å²) in [5, 5.41) is 0. The van der Waals surface area contributed by atoms with Gasteiger partial charge < -0.3 is 14.2 Å². The molecule has 2 heterocycles. The first-order chi connectivity index (χ1) is 12.7. The van der Waals surface area contributed by atoms with Crippen molar-refractivity contribution in [2.24, 2.45) is 0 Å². The number of hydrogen-bond donors (Lipinski definition) is 0. The van der Waals surface area contributed by atoms with E-state index in [1.807, 2.05) is 4.90 Å². The van der Waals surface area contributed by atoms with Gasteiger partial charge in [-0.1, -0.05) is 25.3 Å². The molecule has 2 fully saturated rings. The maximum atomic E-state index is 12.6. The van der Waals surface area contributed by atoms with Crippen LogP contribution in [0.5, 0.6) is 0 Å². The molecule has 1 atom stereocenters. The molecule has 137 valence electrons. The van der Waals surface area contributed by atoms with E-state index in [2.05, 4.69) is 36.1 Å². The van der Waals surface area contributed by atoms with Crippen molar-refractivity contribution in [1.82, 2.24) is 4.90 Å². The lowest BCUT2D eigenvalue weighted by Gasteiger charge is -2.41. The van der Waals surface area contributed by atoms with Gasteiger partial charge in [0.15, 0.2) is 0 Å². The fourth-order valence-corrected chi connectivity index (χ4v) is 4.38.